The fourth-order valence-electron chi connectivity index (χ4n) is 5.16. The Labute approximate surface area is 253 Å². The molecule has 4 aromatic rings. The van der Waals surface area contributed by atoms with E-state index >= 15 is 0 Å². The summed E-state index contributed by atoms with van der Waals surface area (Å²) < 4.78 is 24.9. The number of hydrogen-bond acceptors (Lipinski definition) is 7. The summed E-state index contributed by atoms with van der Waals surface area (Å²) in [6.45, 7) is 1.68. The van der Waals surface area contributed by atoms with Crippen LogP contribution in [0.4, 0.5) is 4.39 Å². The van der Waals surface area contributed by atoms with Gasteiger partial charge in [-0.15, -0.1) is 0 Å². The third-order valence-electron chi connectivity index (χ3n) is 7.47. The number of fused-ring (bicyclic) bond motifs is 1. The Hall–Kier alpha value is -5.03. The molecule has 44 heavy (non-hydrogen) atoms. The number of hydrogen-bond donors (Lipinski definition) is 3. The first-order valence-electron chi connectivity index (χ1n) is 14.2. The summed E-state index contributed by atoms with van der Waals surface area (Å²) >= 11 is 0. The normalized spacial score (nSPS) is 16.8. The Balaban J connectivity index is 1.22. The van der Waals surface area contributed by atoms with Gasteiger partial charge in [-0.3, -0.25) is 14.4 Å². The SMILES string of the molecule is COc1ccc([C@H](C)NC(=O)[C@@H]2C[C@@H](O)CN2C(=O)CNC(=O)c2ccc3cc(F)ccc3n2)c(OCc2ccccc2)c1. The molecule has 1 aliphatic heterocycles. The summed E-state index contributed by atoms with van der Waals surface area (Å²) in [6, 6.07) is 20.6. The van der Waals surface area contributed by atoms with Gasteiger partial charge >= 0.3 is 0 Å². The Morgan fingerprint density at radius 3 is 2.64 bits per heavy atom. The first-order chi connectivity index (χ1) is 21.2. The van der Waals surface area contributed by atoms with Crippen molar-refractivity contribution in [3.05, 3.63) is 102 Å². The number of aliphatic hydroxyl groups excluding tert-OH is 1. The van der Waals surface area contributed by atoms with Gasteiger partial charge in [0.25, 0.3) is 5.91 Å². The lowest BCUT2D eigenvalue weighted by Gasteiger charge is -2.26. The molecule has 3 atom stereocenters. The second kappa shape index (κ2) is 13.5. The zero-order valence-electron chi connectivity index (χ0n) is 24.3. The maximum atomic E-state index is 13.5. The number of pyridine rings is 1. The summed E-state index contributed by atoms with van der Waals surface area (Å²) in [7, 11) is 1.56. The Morgan fingerprint density at radius 1 is 1.07 bits per heavy atom. The summed E-state index contributed by atoms with van der Waals surface area (Å²) in [4.78, 5) is 44.7. The fourth-order valence-corrected chi connectivity index (χ4v) is 5.16. The Kier molecular flexibility index (Phi) is 9.35. The first-order valence-corrected chi connectivity index (χ1v) is 14.2. The number of aliphatic hydroxyl groups is 1. The third kappa shape index (κ3) is 7.12. The molecule has 11 heteroatoms. The number of amides is 3. The largest absolute Gasteiger partial charge is 0.497 e. The Bertz CT molecular complexity index is 1670. The molecular weight excluding hydrogens is 567 g/mol. The summed E-state index contributed by atoms with van der Waals surface area (Å²) in [6.07, 6.45) is -0.838. The van der Waals surface area contributed by atoms with Gasteiger partial charge in [0.05, 0.1) is 31.3 Å². The molecule has 2 heterocycles. The molecule has 0 saturated carbocycles. The maximum absolute atomic E-state index is 13.5. The molecule has 0 spiro atoms. The number of carbonyl (C=O) groups excluding carboxylic acids is 3. The molecule has 0 bridgehead atoms. The van der Waals surface area contributed by atoms with Crippen LogP contribution in [0.5, 0.6) is 11.5 Å². The van der Waals surface area contributed by atoms with Gasteiger partial charge in [-0.1, -0.05) is 36.4 Å². The van der Waals surface area contributed by atoms with Crippen LogP contribution in [0.15, 0.2) is 78.9 Å². The molecule has 3 N–H and O–H groups in total. The molecular formula is C33H33FN4O6. The molecule has 0 radical (unpaired) electrons. The van der Waals surface area contributed by atoms with Crippen molar-refractivity contribution in [2.45, 2.75) is 38.1 Å². The number of likely N-dealkylation sites (tertiary alicyclic amines) is 1. The zero-order chi connectivity index (χ0) is 31.2. The minimum Gasteiger partial charge on any atom is -0.497 e. The van der Waals surface area contributed by atoms with Crippen molar-refractivity contribution < 1.29 is 33.4 Å². The van der Waals surface area contributed by atoms with E-state index in [0.717, 1.165) is 5.56 Å². The van der Waals surface area contributed by atoms with E-state index in [1.165, 1.54) is 29.2 Å². The van der Waals surface area contributed by atoms with E-state index in [9.17, 15) is 23.9 Å². The number of rotatable bonds is 10. The highest BCUT2D eigenvalue weighted by atomic mass is 19.1. The van der Waals surface area contributed by atoms with Gasteiger partial charge in [0.1, 0.15) is 35.7 Å². The van der Waals surface area contributed by atoms with Crippen molar-refractivity contribution in [2.75, 3.05) is 20.2 Å². The van der Waals surface area contributed by atoms with Gasteiger partial charge in [-0.2, -0.15) is 0 Å². The molecule has 1 aliphatic rings. The minimum atomic E-state index is -0.933. The molecule has 1 fully saturated rings. The number of halogens is 1. The predicted octanol–water partition coefficient (Wildman–Crippen LogP) is 3.53. The monoisotopic (exact) mass is 600 g/mol. The molecule has 1 aromatic heterocycles. The van der Waals surface area contributed by atoms with Crippen LogP contribution in [0.25, 0.3) is 10.9 Å². The van der Waals surface area contributed by atoms with Crippen molar-refractivity contribution in [1.82, 2.24) is 20.5 Å². The van der Waals surface area contributed by atoms with Crippen LogP contribution in [0.1, 0.15) is 41.0 Å². The number of nitrogens with one attached hydrogen (secondary N) is 2. The smallest absolute Gasteiger partial charge is 0.270 e. The van der Waals surface area contributed by atoms with Crippen LogP contribution in [-0.2, 0) is 16.2 Å². The van der Waals surface area contributed by atoms with Crippen molar-refractivity contribution in [3.8, 4) is 11.5 Å². The van der Waals surface area contributed by atoms with Gasteiger partial charge in [0, 0.05) is 30.0 Å². The van der Waals surface area contributed by atoms with E-state index < -0.39 is 48.3 Å². The van der Waals surface area contributed by atoms with Crippen molar-refractivity contribution in [3.63, 3.8) is 0 Å². The van der Waals surface area contributed by atoms with E-state index in [-0.39, 0.29) is 18.7 Å². The topological polar surface area (TPSA) is 130 Å². The maximum Gasteiger partial charge on any atom is 0.270 e. The number of aromatic nitrogens is 1. The van der Waals surface area contributed by atoms with Gasteiger partial charge < -0.3 is 30.1 Å². The lowest BCUT2D eigenvalue weighted by molar-refractivity contribution is -0.138. The minimum absolute atomic E-state index is 0.0467. The zero-order valence-corrected chi connectivity index (χ0v) is 24.3. The second-order valence-corrected chi connectivity index (χ2v) is 10.6. The predicted molar refractivity (Wildman–Crippen MR) is 160 cm³/mol. The number of benzene rings is 3. The number of methoxy groups -OCH3 is 1. The number of ether oxygens (including phenoxy) is 2. The van der Waals surface area contributed by atoms with Crippen molar-refractivity contribution in [2.24, 2.45) is 0 Å². The molecule has 3 aromatic carbocycles. The fraction of sp³-hybridized carbons (Fsp3) is 0.273. The van der Waals surface area contributed by atoms with Crippen LogP contribution >= 0.6 is 0 Å². The summed E-state index contributed by atoms with van der Waals surface area (Å²) in [5.74, 6) is -0.842. The summed E-state index contributed by atoms with van der Waals surface area (Å²) in [5, 5.41) is 16.4. The molecule has 228 valence electrons. The molecule has 1 saturated heterocycles. The van der Waals surface area contributed by atoms with Crippen LogP contribution in [-0.4, -0.2) is 65.1 Å². The molecule has 5 rings (SSSR count). The van der Waals surface area contributed by atoms with Crippen LogP contribution in [0.3, 0.4) is 0 Å². The quantitative estimate of drug-likeness (QED) is 0.254. The third-order valence-corrected chi connectivity index (χ3v) is 7.47. The van der Waals surface area contributed by atoms with Gasteiger partial charge in [0.2, 0.25) is 11.8 Å². The van der Waals surface area contributed by atoms with E-state index in [0.29, 0.717) is 34.6 Å². The average molecular weight is 601 g/mol. The first kappa shape index (κ1) is 30.4. The van der Waals surface area contributed by atoms with Crippen LogP contribution in [0, 0.1) is 5.82 Å². The number of β-amino-alcohol motifs (C(OH)–C–C–N with tert-alkyl or cyclic N) is 1. The van der Waals surface area contributed by atoms with Gasteiger partial charge in [0.15, 0.2) is 0 Å². The standard InChI is InChI=1S/C33H33FN4O6/c1-20(26-11-10-25(43-2)16-30(26)44-19-21-6-4-3-5-7-21)36-33(42)29-15-24(39)18-38(29)31(40)17-35-32(41)28-12-8-22-14-23(34)9-13-27(22)37-28/h3-14,16,20,24,29,39H,15,17-19H2,1-2H3,(H,35,41)(H,36,42)/t20-,24+,29-/m0/s1. The van der Waals surface area contributed by atoms with Gasteiger partial charge in [-0.25, -0.2) is 9.37 Å². The van der Waals surface area contributed by atoms with E-state index in [1.54, 1.807) is 32.2 Å². The lowest BCUT2D eigenvalue weighted by atomic mass is 10.1. The van der Waals surface area contributed by atoms with Crippen molar-refractivity contribution >= 4 is 28.6 Å². The highest BCUT2D eigenvalue weighted by Gasteiger charge is 2.39. The van der Waals surface area contributed by atoms with E-state index in [4.69, 9.17) is 9.47 Å². The lowest BCUT2D eigenvalue weighted by Crippen LogP contribution is -2.49. The molecule has 3 amide bonds. The molecule has 0 aliphatic carbocycles. The number of nitrogens with zero attached hydrogens (tertiary/aromatic N) is 2. The van der Waals surface area contributed by atoms with E-state index in [1.807, 2.05) is 36.4 Å². The van der Waals surface area contributed by atoms with Crippen molar-refractivity contribution in [1.29, 1.82) is 0 Å². The van der Waals surface area contributed by atoms with E-state index in [2.05, 4.69) is 15.6 Å². The molecule has 10 nitrogen and oxygen atoms in total. The molecule has 0 unspecified atom stereocenters. The van der Waals surface area contributed by atoms with Gasteiger partial charge in [-0.05, 0) is 48.9 Å². The average Bonchev–Trinajstić information content (AvgIpc) is 3.44. The summed E-state index contributed by atoms with van der Waals surface area (Å²) in [5.41, 5.74) is 2.19. The second-order valence-electron chi connectivity index (χ2n) is 10.6. The van der Waals surface area contributed by atoms with Crippen LogP contribution < -0.4 is 20.1 Å². The number of carbonyl (C=O) groups is 3. The highest BCUT2D eigenvalue weighted by molar-refractivity contribution is 5.97. The highest BCUT2D eigenvalue weighted by Crippen LogP contribution is 2.31. The Morgan fingerprint density at radius 2 is 1.86 bits per heavy atom. The van der Waals surface area contributed by atoms with Crippen LogP contribution in [0.2, 0.25) is 0 Å².